The molecular formula is C20H28N4O2. The largest absolute Gasteiger partial charge is 0.336 e. The van der Waals surface area contributed by atoms with Crippen molar-refractivity contribution >= 4 is 17.0 Å². The monoisotopic (exact) mass is 356 g/mol. The first-order valence-corrected chi connectivity index (χ1v) is 9.79. The summed E-state index contributed by atoms with van der Waals surface area (Å²) in [5, 5.41) is 5.03. The van der Waals surface area contributed by atoms with Crippen LogP contribution in [0.25, 0.3) is 11.1 Å². The zero-order chi connectivity index (χ0) is 18.4. The van der Waals surface area contributed by atoms with Crippen molar-refractivity contribution in [3.8, 4) is 0 Å². The molecule has 0 aromatic carbocycles. The average Bonchev–Trinajstić information content (AvgIpc) is 3.39. The summed E-state index contributed by atoms with van der Waals surface area (Å²) in [6.07, 6.45) is 2.29. The molecule has 1 aliphatic carbocycles. The Labute approximate surface area is 154 Å². The maximum Gasteiger partial charge on any atom is 0.259 e. The molecule has 26 heavy (non-hydrogen) atoms. The zero-order valence-electron chi connectivity index (χ0n) is 16.2. The van der Waals surface area contributed by atoms with Crippen molar-refractivity contribution < 1.29 is 9.32 Å². The van der Waals surface area contributed by atoms with Gasteiger partial charge in [0, 0.05) is 43.8 Å². The summed E-state index contributed by atoms with van der Waals surface area (Å²) in [6.45, 7) is 11.9. The van der Waals surface area contributed by atoms with Crippen molar-refractivity contribution in [1.29, 1.82) is 0 Å². The third-order valence-corrected chi connectivity index (χ3v) is 5.60. The SMILES string of the molecule is CC(C)c1noc2nc(C3CC3)cc(C(=O)N3CCN(C(C)C)CC3)c12. The second-order valence-electron chi connectivity index (χ2n) is 8.19. The van der Waals surface area contributed by atoms with Crippen molar-refractivity contribution in [1.82, 2.24) is 19.9 Å². The van der Waals surface area contributed by atoms with Gasteiger partial charge in [-0.2, -0.15) is 0 Å². The lowest BCUT2D eigenvalue weighted by Crippen LogP contribution is -2.50. The minimum absolute atomic E-state index is 0.0906. The van der Waals surface area contributed by atoms with E-state index in [0.717, 1.165) is 61.4 Å². The molecule has 0 spiro atoms. The highest BCUT2D eigenvalue weighted by Gasteiger charge is 2.31. The molecule has 1 saturated heterocycles. The van der Waals surface area contributed by atoms with E-state index in [4.69, 9.17) is 4.52 Å². The first-order chi connectivity index (χ1) is 12.5. The molecule has 0 N–H and O–H groups in total. The number of carbonyl (C=O) groups excluding carboxylic acids is 1. The minimum Gasteiger partial charge on any atom is -0.336 e. The summed E-state index contributed by atoms with van der Waals surface area (Å²) >= 11 is 0. The smallest absolute Gasteiger partial charge is 0.259 e. The summed E-state index contributed by atoms with van der Waals surface area (Å²) in [7, 11) is 0. The Kier molecular flexibility index (Phi) is 4.47. The fraction of sp³-hybridized carbons (Fsp3) is 0.650. The highest BCUT2D eigenvalue weighted by atomic mass is 16.5. The predicted octanol–water partition coefficient (Wildman–Crippen LogP) is 3.39. The molecule has 1 amide bonds. The van der Waals surface area contributed by atoms with Crippen molar-refractivity contribution in [2.24, 2.45) is 0 Å². The van der Waals surface area contributed by atoms with Gasteiger partial charge in [0.25, 0.3) is 11.6 Å². The molecule has 3 heterocycles. The van der Waals surface area contributed by atoms with Crippen LogP contribution in [0.4, 0.5) is 0 Å². The highest BCUT2D eigenvalue weighted by molar-refractivity contribution is 6.06. The van der Waals surface area contributed by atoms with Crippen LogP contribution < -0.4 is 0 Å². The molecular weight excluding hydrogens is 328 g/mol. The Morgan fingerprint density at radius 2 is 1.85 bits per heavy atom. The van der Waals surface area contributed by atoms with Gasteiger partial charge in [0.1, 0.15) is 0 Å². The van der Waals surface area contributed by atoms with Crippen molar-refractivity contribution in [3.05, 3.63) is 23.0 Å². The normalized spacial score (nSPS) is 19.1. The van der Waals surface area contributed by atoms with Crippen LogP contribution >= 0.6 is 0 Å². The Morgan fingerprint density at radius 1 is 1.15 bits per heavy atom. The summed E-state index contributed by atoms with van der Waals surface area (Å²) in [4.78, 5) is 22.4. The van der Waals surface area contributed by atoms with Crippen LogP contribution in [0.5, 0.6) is 0 Å². The van der Waals surface area contributed by atoms with Gasteiger partial charge in [0.15, 0.2) is 0 Å². The van der Waals surface area contributed by atoms with Crippen LogP contribution in [0.15, 0.2) is 10.6 Å². The van der Waals surface area contributed by atoms with Crippen LogP contribution in [0, 0.1) is 0 Å². The second kappa shape index (κ2) is 6.65. The summed E-state index contributed by atoms with van der Waals surface area (Å²) in [5.41, 5.74) is 3.05. The average molecular weight is 356 g/mol. The standard InChI is InChI=1S/C20H28N4O2/c1-12(2)18-17-15(11-16(14-5-6-14)21-19(17)26-22-18)20(25)24-9-7-23(8-10-24)13(3)4/h11-14H,5-10H2,1-4H3. The molecule has 0 bridgehead atoms. The van der Waals surface area contributed by atoms with E-state index in [1.165, 1.54) is 0 Å². The van der Waals surface area contributed by atoms with Gasteiger partial charge in [0.2, 0.25) is 0 Å². The highest BCUT2D eigenvalue weighted by Crippen LogP contribution is 2.41. The molecule has 0 unspecified atom stereocenters. The third kappa shape index (κ3) is 3.11. The van der Waals surface area contributed by atoms with Crippen molar-refractivity contribution in [3.63, 3.8) is 0 Å². The van der Waals surface area contributed by atoms with E-state index < -0.39 is 0 Å². The number of aromatic nitrogens is 2. The summed E-state index contributed by atoms with van der Waals surface area (Å²) in [5.74, 6) is 0.748. The molecule has 2 aliphatic rings. The molecule has 6 heteroatoms. The van der Waals surface area contributed by atoms with E-state index in [1.54, 1.807) is 0 Å². The number of fused-ring (bicyclic) bond motifs is 1. The van der Waals surface area contributed by atoms with Gasteiger partial charge in [-0.25, -0.2) is 4.98 Å². The van der Waals surface area contributed by atoms with Gasteiger partial charge >= 0.3 is 0 Å². The van der Waals surface area contributed by atoms with Crippen molar-refractivity contribution in [2.45, 2.75) is 58.4 Å². The fourth-order valence-electron chi connectivity index (χ4n) is 3.76. The van der Waals surface area contributed by atoms with Gasteiger partial charge < -0.3 is 9.42 Å². The van der Waals surface area contributed by atoms with Gasteiger partial charge in [-0.05, 0) is 38.7 Å². The first kappa shape index (κ1) is 17.5. The number of pyridine rings is 1. The lowest BCUT2D eigenvalue weighted by molar-refractivity contribution is 0.0597. The minimum atomic E-state index is 0.0906. The molecule has 6 nitrogen and oxygen atoms in total. The Morgan fingerprint density at radius 3 is 2.42 bits per heavy atom. The van der Waals surface area contributed by atoms with E-state index >= 15 is 0 Å². The van der Waals surface area contributed by atoms with Crippen LogP contribution in [0.3, 0.4) is 0 Å². The Bertz CT molecular complexity index is 815. The van der Waals surface area contributed by atoms with E-state index in [-0.39, 0.29) is 11.8 Å². The van der Waals surface area contributed by atoms with E-state index in [9.17, 15) is 4.79 Å². The van der Waals surface area contributed by atoms with E-state index in [0.29, 0.717) is 17.7 Å². The lowest BCUT2D eigenvalue weighted by Gasteiger charge is -2.37. The fourth-order valence-corrected chi connectivity index (χ4v) is 3.76. The quantitative estimate of drug-likeness (QED) is 0.840. The summed E-state index contributed by atoms with van der Waals surface area (Å²) in [6, 6.07) is 2.52. The molecule has 2 aromatic rings. The number of piperazine rings is 1. The number of amides is 1. The lowest BCUT2D eigenvalue weighted by atomic mass is 10.0. The van der Waals surface area contributed by atoms with Crippen molar-refractivity contribution in [2.75, 3.05) is 26.2 Å². The molecule has 140 valence electrons. The third-order valence-electron chi connectivity index (χ3n) is 5.60. The van der Waals surface area contributed by atoms with Gasteiger partial charge in [0.05, 0.1) is 16.6 Å². The molecule has 1 aliphatic heterocycles. The second-order valence-corrected chi connectivity index (χ2v) is 8.19. The molecule has 1 saturated carbocycles. The van der Waals surface area contributed by atoms with E-state index in [2.05, 4.69) is 42.7 Å². The maximum absolute atomic E-state index is 13.4. The van der Waals surface area contributed by atoms with Crippen LogP contribution in [-0.4, -0.2) is 58.1 Å². The zero-order valence-corrected chi connectivity index (χ0v) is 16.2. The van der Waals surface area contributed by atoms with Crippen LogP contribution in [-0.2, 0) is 0 Å². The number of hydrogen-bond acceptors (Lipinski definition) is 5. The van der Waals surface area contributed by atoms with Gasteiger partial charge in [-0.15, -0.1) is 0 Å². The first-order valence-electron chi connectivity index (χ1n) is 9.79. The Balaban J connectivity index is 1.70. The van der Waals surface area contributed by atoms with Crippen LogP contribution in [0.2, 0.25) is 0 Å². The van der Waals surface area contributed by atoms with Gasteiger partial charge in [-0.1, -0.05) is 19.0 Å². The molecule has 4 rings (SSSR count). The molecule has 0 radical (unpaired) electrons. The number of carbonyl (C=O) groups is 1. The number of hydrogen-bond donors (Lipinski definition) is 0. The number of rotatable bonds is 4. The van der Waals surface area contributed by atoms with E-state index in [1.807, 2.05) is 11.0 Å². The van der Waals surface area contributed by atoms with Gasteiger partial charge in [-0.3, -0.25) is 9.69 Å². The maximum atomic E-state index is 13.4. The molecule has 0 atom stereocenters. The topological polar surface area (TPSA) is 62.5 Å². The molecule has 2 fully saturated rings. The molecule has 2 aromatic heterocycles. The summed E-state index contributed by atoms with van der Waals surface area (Å²) < 4.78 is 5.52. The number of nitrogens with zero attached hydrogens (tertiary/aromatic N) is 4. The predicted molar refractivity (Wildman–Crippen MR) is 100 cm³/mol. The van der Waals surface area contributed by atoms with Crippen LogP contribution in [0.1, 0.15) is 74.1 Å². The Hall–Kier alpha value is -1.95.